The second-order valence-electron chi connectivity index (χ2n) is 5.90. The lowest BCUT2D eigenvalue weighted by Crippen LogP contribution is -2.09. The van der Waals surface area contributed by atoms with Crippen molar-refractivity contribution in [1.29, 1.82) is 0 Å². The maximum Gasteiger partial charge on any atom is 0.0846 e. The number of benzene rings is 1. The van der Waals surface area contributed by atoms with Crippen LogP contribution in [0.4, 0.5) is 0 Å². The summed E-state index contributed by atoms with van der Waals surface area (Å²) < 4.78 is 2.03. The molecule has 1 aromatic heterocycles. The molecule has 1 aromatic carbocycles. The van der Waals surface area contributed by atoms with Gasteiger partial charge in [-0.25, -0.2) is 0 Å². The van der Waals surface area contributed by atoms with E-state index in [-0.39, 0.29) is 0 Å². The van der Waals surface area contributed by atoms with Crippen molar-refractivity contribution in [1.82, 2.24) is 9.78 Å². The zero-order valence-corrected chi connectivity index (χ0v) is 13.5. The molecule has 0 fully saturated rings. The van der Waals surface area contributed by atoms with Gasteiger partial charge in [0.25, 0.3) is 0 Å². The minimum Gasteiger partial charge on any atom is -0.388 e. The fourth-order valence-electron chi connectivity index (χ4n) is 2.87. The molecule has 1 heterocycles. The van der Waals surface area contributed by atoms with Crippen LogP contribution < -0.4 is 0 Å². The van der Waals surface area contributed by atoms with E-state index in [9.17, 15) is 5.11 Å². The lowest BCUT2D eigenvalue weighted by atomic mass is 10.0. The monoisotopic (exact) mass is 286 g/mol. The zero-order chi connectivity index (χ0) is 15.4. The van der Waals surface area contributed by atoms with Gasteiger partial charge < -0.3 is 5.11 Å². The van der Waals surface area contributed by atoms with Crippen molar-refractivity contribution in [2.75, 3.05) is 0 Å². The van der Waals surface area contributed by atoms with Crippen molar-refractivity contribution in [3.8, 4) is 0 Å². The van der Waals surface area contributed by atoms with Crippen LogP contribution in [0.3, 0.4) is 0 Å². The summed E-state index contributed by atoms with van der Waals surface area (Å²) in [7, 11) is 0. The van der Waals surface area contributed by atoms with E-state index in [0.29, 0.717) is 12.5 Å². The maximum atomic E-state index is 10.4. The van der Waals surface area contributed by atoms with Crippen LogP contribution in [0.25, 0.3) is 0 Å². The third kappa shape index (κ3) is 3.94. The predicted octanol–water partition coefficient (Wildman–Crippen LogP) is 4.14. The number of aryl methyl sites for hydroxylation is 2. The topological polar surface area (TPSA) is 38.0 Å². The molecule has 3 nitrogen and oxygen atoms in total. The van der Waals surface area contributed by atoms with E-state index in [4.69, 9.17) is 0 Å². The lowest BCUT2D eigenvalue weighted by Gasteiger charge is -2.13. The molecule has 1 atom stereocenters. The molecule has 2 aromatic rings. The summed E-state index contributed by atoms with van der Waals surface area (Å²) in [6.45, 7) is 8.48. The Labute approximate surface area is 127 Å². The summed E-state index contributed by atoms with van der Waals surface area (Å²) >= 11 is 0. The quantitative estimate of drug-likeness (QED) is 0.866. The van der Waals surface area contributed by atoms with Crippen LogP contribution in [-0.2, 0) is 6.42 Å². The van der Waals surface area contributed by atoms with Gasteiger partial charge in [0.2, 0.25) is 0 Å². The molecule has 0 saturated carbocycles. The van der Waals surface area contributed by atoms with Gasteiger partial charge in [0.15, 0.2) is 0 Å². The van der Waals surface area contributed by atoms with Crippen molar-refractivity contribution in [3.63, 3.8) is 0 Å². The van der Waals surface area contributed by atoms with Crippen molar-refractivity contribution in [2.45, 2.75) is 59.1 Å². The Morgan fingerprint density at radius 1 is 1.10 bits per heavy atom. The van der Waals surface area contributed by atoms with Crippen LogP contribution in [0.5, 0.6) is 0 Å². The molecule has 0 amide bonds. The highest BCUT2D eigenvalue weighted by atomic mass is 16.3. The fraction of sp³-hybridized carbons (Fsp3) is 0.500. The number of aromatic nitrogens is 2. The summed E-state index contributed by atoms with van der Waals surface area (Å²) in [4.78, 5) is 0. The van der Waals surface area contributed by atoms with Gasteiger partial charge in [0.1, 0.15) is 0 Å². The van der Waals surface area contributed by atoms with E-state index in [0.717, 1.165) is 24.1 Å². The smallest absolute Gasteiger partial charge is 0.0846 e. The minimum absolute atomic E-state index is 0.456. The summed E-state index contributed by atoms with van der Waals surface area (Å²) in [5, 5.41) is 15.1. The third-order valence-electron chi connectivity index (χ3n) is 4.01. The second-order valence-corrected chi connectivity index (χ2v) is 5.90. The Kier molecular flexibility index (Phi) is 5.18. The molecule has 2 rings (SSSR count). The molecule has 0 radical (unpaired) electrons. The van der Waals surface area contributed by atoms with Crippen LogP contribution in [0, 0.1) is 13.8 Å². The highest BCUT2D eigenvalue weighted by Crippen LogP contribution is 2.21. The van der Waals surface area contributed by atoms with E-state index < -0.39 is 6.10 Å². The van der Waals surface area contributed by atoms with Crippen molar-refractivity contribution in [3.05, 3.63) is 52.8 Å². The van der Waals surface area contributed by atoms with Crippen LogP contribution in [0.2, 0.25) is 0 Å². The SMILES string of the molecule is CCC(CC)n1ccc(CC(O)c2cc(C)cc(C)c2)n1. The highest BCUT2D eigenvalue weighted by molar-refractivity contribution is 5.30. The van der Waals surface area contributed by atoms with Crippen molar-refractivity contribution >= 4 is 0 Å². The van der Waals surface area contributed by atoms with Gasteiger partial charge in [-0.3, -0.25) is 4.68 Å². The summed E-state index contributed by atoms with van der Waals surface area (Å²) in [5.74, 6) is 0. The molecule has 1 unspecified atom stereocenters. The van der Waals surface area contributed by atoms with Crippen molar-refractivity contribution < 1.29 is 5.11 Å². The van der Waals surface area contributed by atoms with E-state index in [2.05, 4.69) is 51.0 Å². The van der Waals surface area contributed by atoms with Crippen LogP contribution in [-0.4, -0.2) is 14.9 Å². The molecule has 21 heavy (non-hydrogen) atoms. The van der Waals surface area contributed by atoms with Gasteiger partial charge in [0.05, 0.1) is 17.8 Å². The first-order chi connectivity index (χ1) is 10.0. The average Bonchev–Trinajstić information content (AvgIpc) is 2.87. The number of aliphatic hydroxyl groups is 1. The summed E-state index contributed by atoms with van der Waals surface area (Å²) in [6.07, 6.45) is 4.26. The number of hydrogen-bond acceptors (Lipinski definition) is 2. The van der Waals surface area contributed by atoms with Crippen LogP contribution in [0.1, 0.15) is 61.2 Å². The number of hydrogen-bond donors (Lipinski definition) is 1. The lowest BCUT2D eigenvalue weighted by molar-refractivity contribution is 0.176. The number of aliphatic hydroxyl groups excluding tert-OH is 1. The van der Waals surface area contributed by atoms with Crippen LogP contribution in [0.15, 0.2) is 30.5 Å². The fourth-order valence-corrected chi connectivity index (χ4v) is 2.87. The van der Waals surface area contributed by atoms with Gasteiger partial charge in [-0.15, -0.1) is 0 Å². The van der Waals surface area contributed by atoms with E-state index in [1.165, 1.54) is 11.1 Å². The molecule has 0 aliphatic heterocycles. The van der Waals surface area contributed by atoms with Gasteiger partial charge >= 0.3 is 0 Å². The molecule has 0 aliphatic rings. The van der Waals surface area contributed by atoms with E-state index >= 15 is 0 Å². The average molecular weight is 286 g/mol. The number of rotatable bonds is 6. The molecule has 0 aliphatic carbocycles. The summed E-state index contributed by atoms with van der Waals surface area (Å²) in [5.41, 5.74) is 4.30. The minimum atomic E-state index is -0.492. The predicted molar refractivity (Wildman–Crippen MR) is 86.4 cm³/mol. The standard InChI is InChI=1S/C18H26N2O/c1-5-17(6-2)20-8-7-16(19-20)12-18(21)15-10-13(3)9-14(4)11-15/h7-11,17-18,21H,5-6,12H2,1-4H3. The largest absolute Gasteiger partial charge is 0.388 e. The Balaban J connectivity index is 2.10. The second kappa shape index (κ2) is 6.90. The van der Waals surface area contributed by atoms with Gasteiger partial charge in [-0.2, -0.15) is 5.10 Å². The first kappa shape index (κ1) is 15.8. The Morgan fingerprint density at radius 2 is 1.71 bits per heavy atom. The van der Waals surface area contributed by atoms with Gasteiger partial charge in [-0.1, -0.05) is 43.2 Å². The molecular formula is C18H26N2O. The summed E-state index contributed by atoms with van der Waals surface area (Å²) in [6, 6.07) is 8.70. The molecule has 1 N–H and O–H groups in total. The van der Waals surface area contributed by atoms with Crippen molar-refractivity contribution in [2.24, 2.45) is 0 Å². The molecule has 3 heteroatoms. The molecule has 0 spiro atoms. The van der Waals surface area contributed by atoms with E-state index in [1.54, 1.807) is 0 Å². The first-order valence-electron chi connectivity index (χ1n) is 7.83. The van der Waals surface area contributed by atoms with Crippen LogP contribution >= 0.6 is 0 Å². The third-order valence-corrected chi connectivity index (χ3v) is 4.01. The van der Waals surface area contributed by atoms with Gasteiger partial charge in [-0.05, 0) is 38.3 Å². The maximum absolute atomic E-state index is 10.4. The molecule has 0 bridgehead atoms. The molecular weight excluding hydrogens is 260 g/mol. The Hall–Kier alpha value is -1.61. The van der Waals surface area contributed by atoms with E-state index in [1.807, 2.05) is 16.9 Å². The number of nitrogens with zero attached hydrogens (tertiary/aromatic N) is 2. The molecule has 0 saturated heterocycles. The van der Waals surface area contributed by atoms with Gasteiger partial charge in [0, 0.05) is 12.6 Å². The normalized spacial score (nSPS) is 12.9. The first-order valence-corrected chi connectivity index (χ1v) is 7.83. The Bertz CT molecular complexity index is 564. The zero-order valence-electron chi connectivity index (χ0n) is 13.5. The Morgan fingerprint density at radius 3 is 2.29 bits per heavy atom. The highest BCUT2D eigenvalue weighted by Gasteiger charge is 2.13. The molecule has 114 valence electrons.